The normalized spacial score (nSPS) is 12.4. The van der Waals surface area contributed by atoms with Gasteiger partial charge in [0.15, 0.2) is 0 Å². The second kappa shape index (κ2) is 4.83. The summed E-state index contributed by atoms with van der Waals surface area (Å²) >= 11 is 0. The molecule has 122 valence electrons. The predicted octanol–water partition coefficient (Wildman–Crippen LogP) is 4.44. The van der Waals surface area contributed by atoms with Crippen molar-refractivity contribution in [3.05, 3.63) is 47.8 Å². The minimum atomic E-state index is -4.42. The van der Waals surface area contributed by atoms with Crippen molar-refractivity contribution in [2.75, 3.05) is 0 Å². The fourth-order valence-corrected chi connectivity index (χ4v) is 3.06. The van der Waals surface area contributed by atoms with Crippen molar-refractivity contribution in [1.82, 2.24) is 20.0 Å². The third kappa shape index (κ3) is 2.16. The van der Waals surface area contributed by atoms with Crippen molar-refractivity contribution < 1.29 is 13.2 Å². The molecule has 7 heteroatoms. The van der Waals surface area contributed by atoms with Gasteiger partial charge >= 0.3 is 6.18 Å². The molecule has 0 aliphatic rings. The number of alkyl halides is 3. The van der Waals surface area contributed by atoms with Gasteiger partial charge in [-0.1, -0.05) is 12.1 Å². The van der Waals surface area contributed by atoms with Gasteiger partial charge in [0.1, 0.15) is 0 Å². The number of hydrogen-bond donors (Lipinski definition) is 1. The molecule has 0 radical (unpaired) electrons. The number of H-pyrrole nitrogens is 1. The minimum Gasteiger partial charge on any atom is -0.278 e. The molecular formula is C17H13F3N4. The summed E-state index contributed by atoms with van der Waals surface area (Å²) in [5, 5.41) is 12.5. The highest BCUT2D eigenvalue weighted by molar-refractivity contribution is 5.97. The summed E-state index contributed by atoms with van der Waals surface area (Å²) in [5.74, 6) is 0. The van der Waals surface area contributed by atoms with Crippen LogP contribution in [-0.4, -0.2) is 20.0 Å². The maximum atomic E-state index is 13.2. The summed E-state index contributed by atoms with van der Waals surface area (Å²) in [6, 6.07) is 7.82. The average molecular weight is 330 g/mol. The Kier molecular flexibility index (Phi) is 2.97. The van der Waals surface area contributed by atoms with E-state index < -0.39 is 11.7 Å². The first-order valence-corrected chi connectivity index (χ1v) is 7.32. The molecule has 0 spiro atoms. The molecule has 0 aliphatic heterocycles. The monoisotopic (exact) mass is 330 g/mol. The summed E-state index contributed by atoms with van der Waals surface area (Å²) in [5.41, 5.74) is 2.62. The minimum absolute atomic E-state index is 0.362. The third-order valence-electron chi connectivity index (χ3n) is 4.23. The number of halogens is 3. The number of nitrogens with one attached hydrogen (secondary N) is 1. The smallest absolute Gasteiger partial charge is 0.278 e. The molecule has 0 unspecified atom stereocenters. The third-order valence-corrected chi connectivity index (χ3v) is 4.23. The topological polar surface area (TPSA) is 46.5 Å². The Bertz CT molecular complexity index is 1070. The Labute approximate surface area is 134 Å². The Morgan fingerprint density at radius 2 is 1.88 bits per heavy atom. The first kappa shape index (κ1) is 14.7. The molecule has 0 atom stereocenters. The molecule has 0 amide bonds. The number of fused-ring (bicyclic) bond motifs is 2. The molecule has 2 aromatic heterocycles. The summed E-state index contributed by atoms with van der Waals surface area (Å²) in [6.45, 7) is 1.90. The second-order valence-corrected chi connectivity index (χ2v) is 5.79. The fourth-order valence-electron chi connectivity index (χ4n) is 3.06. The van der Waals surface area contributed by atoms with Crippen LogP contribution in [0.1, 0.15) is 11.3 Å². The zero-order valence-electron chi connectivity index (χ0n) is 12.9. The largest absolute Gasteiger partial charge is 0.416 e. The first-order valence-electron chi connectivity index (χ1n) is 7.32. The molecule has 0 aliphatic carbocycles. The Hall–Kier alpha value is -2.83. The van der Waals surface area contributed by atoms with E-state index in [2.05, 4.69) is 15.3 Å². The van der Waals surface area contributed by atoms with Gasteiger partial charge in [-0.2, -0.15) is 23.4 Å². The molecule has 4 rings (SSSR count). The van der Waals surface area contributed by atoms with E-state index in [0.717, 1.165) is 22.7 Å². The Morgan fingerprint density at radius 1 is 1.08 bits per heavy atom. The first-order chi connectivity index (χ1) is 11.3. The molecule has 24 heavy (non-hydrogen) atoms. The average Bonchev–Trinajstić information content (AvgIpc) is 3.10. The maximum absolute atomic E-state index is 13.2. The highest BCUT2D eigenvalue weighted by atomic mass is 19.4. The summed E-state index contributed by atoms with van der Waals surface area (Å²) in [7, 11) is 1.82. The molecule has 2 aromatic carbocycles. The zero-order chi connectivity index (χ0) is 17.1. The standard InChI is InChI=1S/C17H13F3N4/c1-9-12-4-3-10(5-16(12)24(2)23-9)13-6-11(17(18,19)20)7-15-14(13)8-21-22-15/h3-8H,1-2H3,(H,21,22). The quantitative estimate of drug-likeness (QED) is 0.561. The molecule has 2 heterocycles. The van der Waals surface area contributed by atoms with Crippen LogP contribution in [0, 0.1) is 6.92 Å². The van der Waals surface area contributed by atoms with Crippen molar-refractivity contribution in [2.45, 2.75) is 13.1 Å². The number of hydrogen-bond acceptors (Lipinski definition) is 2. The molecule has 4 aromatic rings. The zero-order valence-corrected chi connectivity index (χ0v) is 12.9. The van der Waals surface area contributed by atoms with Crippen LogP contribution in [0.5, 0.6) is 0 Å². The number of rotatable bonds is 1. The highest BCUT2D eigenvalue weighted by Crippen LogP contribution is 2.37. The van der Waals surface area contributed by atoms with Gasteiger partial charge in [-0.05, 0) is 36.2 Å². The number of nitrogens with zero attached hydrogens (tertiary/aromatic N) is 3. The summed E-state index contributed by atoms with van der Waals surface area (Å²) in [6.07, 6.45) is -2.87. The summed E-state index contributed by atoms with van der Waals surface area (Å²) in [4.78, 5) is 0. The summed E-state index contributed by atoms with van der Waals surface area (Å²) < 4.78 is 41.3. The number of aryl methyl sites for hydroxylation is 2. The SMILES string of the molecule is Cc1nn(C)c2cc(-c3cc(C(F)(F)F)cc4[nH]ncc34)ccc12. The van der Waals surface area contributed by atoms with Gasteiger partial charge in [0.2, 0.25) is 0 Å². The van der Waals surface area contributed by atoms with E-state index in [1.807, 2.05) is 32.2 Å². The predicted molar refractivity (Wildman–Crippen MR) is 85.5 cm³/mol. The van der Waals surface area contributed by atoms with Gasteiger partial charge < -0.3 is 0 Å². The number of benzene rings is 2. The number of aromatic amines is 1. The lowest BCUT2D eigenvalue weighted by Crippen LogP contribution is -2.05. The van der Waals surface area contributed by atoms with E-state index in [1.54, 1.807) is 10.9 Å². The highest BCUT2D eigenvalue weighted by Gasteiger charge is 2.31. The lowest BCUT2D eigenvalue weighted by molar-refractivity contribution is -0.137. The van der Waals surface area contributed by atoms with E-state index in [-0.39, 0.29) is 0 Å². The van der Waals surface area contributed by atoms with Crippen LogP contribution < -0.4 is 0 Å². The van der Waals surface area contributed by atoms with E-state index in [9.17, 15) is 13.2 Å². The van der Waals surface area contributed by atoms with Gasteiger partial charge in [-0.3, -0.25) is 9.78 Å². The van der Waals surface area contributed by atoms with Crippen LogP contribution in [0.15, 0.2) is 36.5 Å². The van der Waals surface area contributed by atoms with Crippen molar-refractivity contribution in [1.29, 1.82) is 0 Å². The number of aromatic nitrogens is 4. The van der Waals surface area contributed by atoms with Gasteiger partial charge in [0.05, 0.1) is 28.5 Å². The molecular weight excluding hydrogens is 317 g/mol. The molecule has 0 saturated heterocycles. The van der Waals surface area contributed by atoms with Crippen molar-refractivity contribution in [3.8, 4) is 11.1 Å². The van der Waals surface area contributed by atoms with E-state index in [4.69, 9.17) is 0 Å². The molecule has 4 nitrogen and oxygen atoms in total. The van der Waals surface area contributed by atoms with Crippen LogP contribution in [0.3, 0.4) is 0 Å². The van der Waals surface area contributed by atoms with Crippen molar-refractivity contribution in [2.24, 2.45) is 7.05 Å². The van der Waals surface area contributed by atoms with Crippen molar-refractivity contribution >= 4 is 21.8 Å². The lowest BCUT2D eigenvalue weighted by Gasteiger charge is -2.11. The maximum Gasteiger partial charge on any atom is 0.416 e. The second-order valence-electron chi connectivity index (χ2n) is 5.79. The van der Waals surface area contributed by atoms with E-state index in [1.165, 1.54) is 6.07 Å². The van der Waals surface area contributed by atoms with Crippen LogP contribution in [0.25, 0.3) is 32.9 Å². The van der Waals surface area contributed by atoms with Gasteiger partial charge in [-0.25, -0.2) is 0 Å². The van der Waals surface area contributed by atoms with Crippen LogP contribution in [-0.2, 0) is 13.2 Å². The van der Waals surface area contributed by atoms with Crippen LogP contribution >= 0.6 is 0 Å². The van der Waals surface area contributed by atoms with E-state index >= 15 is 0 Å². The Morgan fingerprint density at radius 3 is 2.62 bits per heavy atom. The van der Waals surface area contributed by atoms with Crippen LogP contribution in [0.2, 0.25) is 0 Å². The van der Waals surface area contributed by atoms with E-state index in [0.29, 0.717) is 22.0 Å². The molecule has 0 fully saturated rings. The van der Waals surface area contributed by atoms with Crippen molar-refractivity contribution in [3.63, 3.8) is 0 Å². The van der Waals surface area contributed by atoms with Crippen LogP contribution in [0.4, 0.5) is 13.2 Å². The molecule has 1 N–H and O–H groups in total. The fraction of sp³-hybridized carbons (Fsp3) is 0.176. The Balaban J connectivity index is 2.02. The van der Waals surface area contributed by atoms with Gasteiger partial charge in [0, 0.05) is 17.8 Å². The molecule has 0 bridgehead atoms. The lowest BCUT2D eigenvalue weighted by atomic mass is 9.98. The molecule has 0 saturated carbocycles. The van der Waals surface area contributed by atoms with Gasteiger partial charge in [-0.15, -0.1) is 0 Å². The van der Waals surface area contributed by atoms with Gasteiger partial charge in [0.25, 0.3) is 0 Å².